The average Bonchev–Trinajstić information content (AvgIpc) is 3.48. The predicted octanol–water partition coefficient (Wildman–Crippen LogP) is 5.76. The molecule has 0 radical (unpaired) electrons. The summed E-state index contributed by atoms with van der Waals surface area (Å²) < 4.78 is 0. The summed E-state index contributed by atoms with van der Waals surface area (Å²) in [4.78, 5) is 63.1. The number of nitriles is 1. The van der Waals surface area contributed by atoms with Crippen LogP contribution in [0.3, 0.4) is 0 Å². The first-order valence-electron chi connectivity index (χ1n) is 16.4. The maximum atomic E-state index is 12.5. The van der Waals surface area contributed by atoms with E-state index in [2.05, 4.69) is 47.5 Å². The highest BCUT2D eigenvalue weighted by molar-refractivity contribution is 5.93. The van der Waals surface area contributed by atoms with Gasteiger partial charge in [-0.3, -0.25) is 0 Å². The summed E-state index contributed by atoms with van der Waals surface area (Å²) in [6, 6.07) is 25.0. The van der Waals surface area contributed by atoms with E-state index in [0.29, 0.717) is 79.4 Å². The number of carbonyl (C=O) groups excluding carboxylic acids is 5. The van der Waals surface area contributed by atoms with Crippen molar-refractivity contribution in [3.05, 3.63) is 102 Å². The summed E-state index contributed by atoms with van der Waals surface area (Å²) in [6.07, 6.45) is 3.11. The molecule has 8 N–H and O–H groups in total. The molecule has 52 heavy (non-hydrogen) atoms. The molecule has 0 bridgehead atoms. The molecule has 5 rings (SSSR count). The minimum atomic E-state index is -0.424. The van der Waals surface area contributed by atoms with E-state index in [9.17, 15) is 24.0 Å². The van der Waals surface area contributed by atoms with Crippen LogP contribution in [0.15, 0.2) is 89.9 Å². The number of benzene rings is 4. The largest absolute Gasteiger partial charge is 0.338 e. The molecule has 0 atom stereocenters. The van der Waals surface area contributed by atoms with Gasteiger partial charge in [0.1, 0.15) is 0 Å². The number of rotatable bonds is 13. The molecule has 8 amide bonds. The fourth-order valence-electron chi connectivity index (χ4n) is 5.42. The highest BCUT2D eigenvalue weighted by atomic mass is 16.2. The molecule has 0 unspecified atom stereocenters. The average molecular weight is 701 g/mol. The Balaban J connectivity index is 0.975. The zero-order valence-corrected chi connectivity index (χ0v) is 28.0. The second-order valence-corrected chi connectivity index (χ2v) is 11.6. The van der Waals surface area contributed by atoms with Crippen molar-refractivity contribution in [3.63, 3.8) is 0 Å². The van der Waals surface area contributed by atoms with Gasteiger partial charge in [0.2, 0.25) is 6.08 Å². The monoisotopic (exact) mass is 700 g/mol. The van der Waals surface area contributed by atoms with Crippen molar-refractivity contribution in [2.45, 2.75) is 19.3 Å². The first kappa shape index (κ1) is 36.1. The van der Waals surface area contributed by atoms with Gasteiger partial charge in [0.15, 0.2) is 0 Å². The van der Waals surface area contributed by atoms with Crippen LogP contribution in [0.2, 0.25) is 0 Å². The van der Waals surface area contributed by atoms with Crippen molar-refractivity contribution in [1.82, 2.24) is 21.3 Å². The molecular formula is C37H36N10O5. The number of nitrogens with one attached hydrogen (secondary N) is 8. The van der Waals surface area contributed by atoms with E-state index >= 15 is 0 Å². The fraction of sp³-hybridized carbons (Fsp3) is 0.189. The van der Waals surface area contributed by atoms with Crippen LogP contribution in [0, 0.1) is 11.3 Å². The molecular weight excluding hydrogens is 664 g/mol. The third-order valence-corrected chi connectivity index (χ3v) is 7.77. The lowest BCUT2D eigenvalue weighted by molar-refractivity contribution is 0.249. The van der Waals surface area contributed by atoms with Gasteiger partial charge in [-0.1, -0.05) is 24.3 Å². The Labute approximate surface area is 299 Å². The summed E-state index contributed by atoms with van der Waals surface area (Å²) in [5, 5.41) is 31.0. The van der Waals surface area contributed by atoms with Crippen LogP contribution >= 0.6 is 0 Å². The van der Waals surface area contributed by atoms with Crippen molar-refractivity contribution in [1.29, 1.82) is 5.26 Å². The van der Waals surface area contributed by atoms with E-state index in [1.807, 2.05) is 42.5 Å². The molecule has 0 aromatic heterocycles. The van der Waals surface area contributed by atoms with Gasteiger partial charge in [-0.2, -0.15) is 10.3 Å². The van der Waals surface area contributed by atoms with Crippen molar-refractivity contribution in [3.8, 4) is 17.2 Å². The SMILES string of the molecule is N#Cc1cccc(NC(=O)NCCCNC(=O)Nc2ccc3c(c2)Cc2cc(NC(=O)NCCCNC(=O)Nc4cccc(N=C=O)c4)ccc2-3)c1. The van der Waals surface area contributed by atoms with Crippen LogP contribution in [-0.4, -0.2) is 56.4 Å². The van der Waals surface area contributed by atoms with Crippen LogP contribution < -0.4 is 42.5 Å². The highest BCUT2D eigenvalue weighted by Gasteiger charge is 2.20. The van der Waals surface area contributed by atoms with Crippen molar-refractivity contribution in [2.75, 3.05) is 47.4 Å². The molecule has 0 fully saturated rings. The first-order valence-corrected chi connectivity index (χ1v) is 16.4. The zero-order chi connectivity index (χ0) is 36.7. The van der Waals surface area contributed by atoms with Gasteiger partial charge in [-0.15, -0.1) is 0 Å². The summed E-state index contributed by atoms with van der Waals surface area (Å²) in [5.74, 6) is 0. The molecule has 0 heterocycles. The number of nitrogens with zero attached hydrogens (tertiary/aromatic N) is 2. The van der Waals surface area contributed by atoms with Crippen molar-refractivity contribution in [2.24, 2.45) is 4.99 Å². The maximum Gasteiger partial charge on any atom is 0.319 e. The Morgan fingerprint density at radius 2 is 1.02 bits per heavy atom. The van der Waals surface area contributed by atoms with Gasteiger partial charge in [0, 0.05) is 48.9 Å². The Kier molecular flexibility index (Phi) is 12.5. The summed E-state index contributed by atoms with van der Waals surface area (Å²) >= 11 is 0. The van der Waals surface area contributed by atoms with Crippen LogP contribution in [-0.2, 0) is 11.2 Å². The van der Waals surface area contributed by atoms with Crippen LogP contribution in [0.25, 0.3) is 11.1 Å². The summed E-state index contributed by atoms with van der Waals surface area (Å²) in [7, 11) is 0. The van der Waals surface area contributed by atoms with Crippen molar-refractivity contribution >= 4 is 58.6 Å². The zero-order valence-electron chi connectivity index (χ0n) is 28.0. The molecule has 0 saturated carbocycles. The lowest BCUT2D eigenvalue weighted by Gasteiger charge is -2.11. The van der Waals surface area contributed by atoms with E-state index < -0.39 is 12.1 Å². The normalized spacial score (nSPS) is 10.6. The Hall–Kier alpha value is -7.17. The molecule has 4 aromatic rings. The lowest BCUT2D eigenvalue weighted by atomic mass is 10.1. The van der Waals surface area contributed by atoms with Crippen LogP contribution in [0.4, 0.5) is 47.6 Å². The first-order chi connectivity index (χ1) is 25.3. The summed E-state index contributed by atoms with van der Waals surface area (Å²) in [6.45, 7) is 1.36. The maximum absolute atomic E-state index is 12.5. The van der Waals surface area contributed by atoms with E-state index in [1.165, 1.54) is 6.08 Å². The number of carbonyl (C=O) groups is 4. The van der Waals surface area contributed by atoms with E-state index in [-0.39, 0.29) is 12.1 Å². The van der Waals surface area contributed by atoms with E-state index in [4.69, 9.17) is 5.26 Å². The number of aliphatic imine (C=N–C) groups is 1. The van der Waals surface area contributed by atoms with Crippen LogP contribution in [0.1, 0.15) is 29.5 Å². The molecule has 1 aliphatic carbocycles. The number of isocyanates is 1. The number of amides is 8. The number of anilines is 4. The minimum Gasteiger partial charge on any atom is -0.338 e. The van der Waals surface area contributed by atoms with Gasteiger partial charge in [0.05, 0.1) is 17.3 Å². The van der Waals surface area contributed by atoms with Gasteiger partial charge < -0.3 is 42.5 Å². The van der Waals surface area contributed by atoms with E-state index in [0.717, 1.165) is 22.3 Å². The second kappa shape index (κ2) is 18.0. The molecule has 0 aliphatic heterocycles. The quantitative estimate of drug-likeness (QED) is 0.0433. The van der Waals surface area contributed by atoms with Gasteiger partial charge in [-0.25, -0.2) is 24.0 Å². The Morgan fingerprint density at radius 1 is 0.577 bits per heavy atom. The highest BCUT2D eigenvalue weighted by Crippen LogP contribution is 2.39. The molecule has 0 saturated heterocycles. The smallest absolute Gasteiger partial charge is 0.319 e. The summed E-state index contributed by atoms with van der Waals surface area (Å²) in [5.41, 5.74) is 7.30. The Bertz CT molecular complexity index is 2050. The third kappa shape index (κ3) is 10.7. The predicted molar refractivity (Wildman–Crippen MR) is 197 cm³/mol. The molecule has 15 heteroatoms. The molecule has 264 valence electrons. The lowest BCUT2D eigenvalue weighted by Crippen LogP contribution is -2.34. The van der Waals surface area contributed by atoms with Gasteiger partial charge in [0.25, 0.3) is 0 Å². The Morgan fingerprint density at radius 3 is 1.48 bits per heavy atom. The molecule has 15 nitrogen and oxygen atoms in total. The third-order valence-electron chi connectivity index (χ3n) is 7.77. The number of hydrogen-bond donors (Lipinski definition) is 8. The number of hydrogen-bond acceptors (Lipinski definition) is 7. The fourth-order valence-corrected chi connectivity index (χ4v) is 5.42. The van der Waals surface area contributed by atoms with Crippen molar-refractivity contribution < 1.29 is 24.0 Å². The molecule has 1 aliphatic rings. The minimum absolute atomic E-state index is 0.327. The number of fused-ring (bicyclic) bond motifs is 3. The van der Waals surface area contributed by atoms with Gasteiger partial charge >= 0.3 is 24.1 Å². The molecule has 0 spiro atoms. The van der Waals surface area contributed by atoms with Crippen LogP contribution in [0.5, 0.6) is 0 Å². The topological polar surface area (TPSA) is 218 Å². The standard InChI is InChI=1S/C37H36N10O5/c38-22-24-5-1-7-28(17-24)44-34(49)39-13-3-15-41-36(51)46-30-9-11-32-25(19-30)18-26-20-31(10-12-33(26)32)47-37(52)42-16-4-14-40-35(50)45-29-8-2-6-27(21-29)43-23-48/h1-2,5-12,17,19-21H,3-4,13-16,18H2,(H2,39,44,49)(H2,40,45,50)(H2,41,46,51)(H2,42,47,52). The van der Waals surface area contributed by atoms with Gasteiger partial charge in [-0.05, 0) is 102 Å². The number of urea groups is 4. The second-order valence-electron chi connectivity index (χ2n) is 11.6. The molecule has 4 aromatic carbocycles. The van der Waals surface area contributed by atoms with E-state index in [1.54, 1.807) is 48.5 Å².